The van der Waals surface area contributed by atoms with E-state index in [9.17, 15) is 0 Å². The summed E-state index contributed by atoms with van der Waals surface area (Å²) in [4.78, 5) is 2.52. The van der Waals surface area contributed by atoms with Gasteiger partial charge in [-0.3, -0.25) is 4.90 Å². The molecule has 2 aliphatic heterocycles. The molecule has 1 aromatic heterocycles. The zero-order valence-electron chi connectivity index (χ0n) is 10.3. The molecule has 0 radical (unpaired) electrons. The average Bonchev–Trinajstić information content (AvgIpc) is 2.85. The van der Waals surface area contributed by atoms with Crippen molar-refractivity contribution < 1.29 is 0 Å². The van der Waals surface area contributed by atoms with Crippen LogP contribution in [0.5, 0.6) is 0 Å². The molecule has 1 N–H and O–H groups in total. The van der Waals surface area contributed by atoms with E-state index < -0.39 is 0 Å². The Morgan fingerprint density at radius 1 is 1.29 bits per heavy atom. The second-order valence-corrected chi connectivity index (χ2v) is 5.20. The van der Waals surface area contributed by atoms with Crippen LogP contribution >= 0.6 is 0 Å². The van der Waals surface area contributed by atoms with E-state index in [4.69, 9.17) is 0 Å². The summed E-state index contributed by atoms with van der Waals surface area (Å²) in [5.74, 6) is 2.05. The largest absolute Gasteiger partial charge is 0.317 e. The SMILES string of the molecule is c1nnc2n1CCN(CCC1CCNCC1)C2. The maximum Gasteiger partial charge on any atom is 0.147 e. The Bertz CT molecular complexity index is 356. The fourth-order valence-electron chi connectivity index (χ4n) is 2.84. The molecule has 0 unspecified atom stereocenters. The molecule has 94 valence electrons. The quantitative estimate of drug-likeness (QED) is 0.828. The molecule has 0 amide bonds. The summed E-state index contributed by atoms with van der Waals surface area (Å²) >= 11 is 0. The van der Waals surface area contributed by atoms with Crippen molar-refractivity contribution in [1.82, 2.24) is 25.0 Å². The first-order chi connectivity index (χ1) is 8.42. The van der Waals surface area contributed by atoms with Gasteiger partial charge in [0.25, 0.3) is 0 Å². The van der Waals surface area contributed by atoms with Crippen LogP contribution in [0, 0.1) is 5.92 Å². The predicted octanol–water partition coefficient (Wildman–Crippen LogP) is 0.483. The molecule has 1 aromatic rings. The molecule has 5 nitrogen and oxygen atoms in total. The van der Waals surface area contributed by atoms with Crippen molar-refractivity contribution in [1.29, 1.82) is 0 Å². The van der Waals surface area contributed by atoms with Gasteiger partial charge in [0.15, 0.2) is 0 Å². The van der Waals surface area contributed by atoms with Gasteiger partial charge in [0.05, 0.1) is 6.54 Å². The zero-order chi connectivity index (χ0) is 11.5. The Balaban J connectivity index is 1.47. The molecule has 0 aliphatic carbocycles. The summed E-state index contributed by atoms with van der Waals surface area (Å²) in [6, 6.07) is 0. The van der Waals surface area contributed by atoms with Crippen molar-refractivity contribution in [2.75, 3.05) is 26.2 Å². The molecular weight excluding hydrogens is 214 g/mol. The van der Waals surface area contributed by atoms with E-state index >= 15 is 0 Å². The standard InChI is InChI=1S/C12H21N5/c1-4-13-5-2-11(1)3-6-16-7-8-17-10-14-15-12(17)9-16/h10-11,13H,1-9H2. The van der Waals surface area contributed by atoms with Crippen LogP contribution < -0.4 is 5.32 Å². The second kappa shape index (κ2) is 5.14. The minimum atomic E-state index is 0.927. The van der Waals surface area contributed by atoms with Gasteiger partial charge in [0, 0.05) is 13.1 Å². The van der Waals surface area contributed by atoms with Crippen molar-refractivity contribution in [3.05, 3.63) is 12.2 Å². The van der Waals surface area contributed by atoms with Gasteiger partial charge in [-0.1, -0.05) is 0 Å². The number of fused-ring (bicyclic) bond motifs is 1. The summed E-state index contributed by atoms with van der Waals surface area (Å²) in [7, 11) is 0. The Labute approximate surface area is 102 Å². The lowest BCUT2D eigenvalue weighted by Crippen LogP contribution is -2.36. The number of rotatable bonds is 3. The molecule has 3 rings (SSSR count). The molecular formula is C12H21N5. The summed E-state index contributed by atoms with van der Waals surface area (Å²) in [6.07, 6.45) is 5.89. The number of nitrogens with one attached hydrogen (secondary N) is 1. The molecule has 17 heavy (non-hydrogen) atoms. The van der Waals surface area contributed by atoms with Gasteiger partial charge in [-0.25, -0.2) is 0 Å². The van der Waals surface area contributed by atoms with Crippen LogP contribution in [0.15, 0.2) is 6.33 Å². The Kier molecular flexibility index (Phi) is 3.38. The van der Waals surface area contributed by atoms with Crippen LogP contribution in [0.2, 0.25) is 0 Å². The molecule has 0 aromatic carbocycles. The second-order valence-electron chi connectivity index (χ2n) is 5.20. The van der Waals surface area contributed by atoms with E-state index in [2.05, 4.69) is 25.0 Å². The Hall–Kier alpha value is -0.940. The minimum absolute atomic E-state index is 0.927. The lowest BCUT2D eigenvalue weighted by Gasteiger charge is -2.29. The first kappa shape index (κ1) is 11.2. The number of piperidine rings is 1. The van der Waals surface area contributed by atoms with E-state index in [0.29, 0.717) is 0 Å². The third kappa shape index (κ3) is 2.66. The van der Waals surface area contributed by atoms with Gasteiger partial charge in [-0.2, -0.15) is 0 Å². The molecule has 2 aliphatic rings. The number of hydrogen-bond acceptors (Lipinski definition) is 4. The van der Waals surface area contributed by atoms with Crippen molar-refractivity contribution in [2.24, 2.45) is 5.92 Å². The average molecular weight is 235 g/mol. The summed E-state index contributed by atoms with van der Waals surface area (Å²) < 4.78 is 2.17. The van der Waals surface area contributed by atoms with Crippen molar-refractivity contribution in [3.8, 4) is 0 Å². The molecule has 1 fully saturated rings. The zero-order valence-corrected chi connectivity index (χ0v) is 10.3. The molecule has 1 saturated heterocycles. The van der Waals surface area contributed by atoms with E-state index in [1.165, 1.54) is 38.9 Å². The number of aromatic nitrogens is 3. The smallest absolute Gasteiger partial charge is 0.147 e. The lowest BCUT2D eigenvalue weighted by molar-refractivity contribution is 0.193. The fourth-order valence-corrected chi connectivity index (χ4v) is 2.84. The molecule has 0 atom stereocenters. The normalized spacial score (nSPS) is 22.6. The van der Waals surface area contributed by atoms with Crippen LogP contribution in [0.3, 0.4) is 0 Å². The van der Waals surface area contributed by atoms with Gasteiger partial charge < -0.3 is 9.88 Å². The third-order valence-electron chi connectivity index (χ3n) is 4.03. The molecule has 5 heteroatoms. The monoisotopic (exact) mass is 235 g/mol. The molecule has 0 saturated carbocycles. The van der Waals surface area contributed by atoms with Crippen LogP contribution in [0.25, 0.3) is 0 Å². The van der Waals surface area contributed by atoms with Gasteiger partial charge in [0.2, 0.25) is 0 Å². The van der Waals surface area contributed by atoms with Crippen LogP contribution in [-0.2, 0) is 13.1 Å². The van der Waals surface area contributed by atoms with Crippen LogP contribution in [-0.4, -0.2) is 45.8 Å². The van der Waals surface area contributed by atoms with Gasteiger partial charge in [-0.05, 0) is 44.8 Å². The summed E-state index contributed by atoms with van der Waals surface area (Å²) in [6.45, 7) is 6.81. The summed E-state index contributed by atoms with van der Waals surface area (Å²) in [5, 5.41) is 11.6. The minimum Gasteiger partial charge on any atom is -0.317 e. The van der Waals surface area contributed by atoms with Crippen LogP contribution in [0.1, 0.15) is 25.1 Å². The Morgan fingerprint density at radius 2 is 2.18 bits per heavy atom. The predicted molar refractivity (Wildman–Crippen MR) is 65.5 cm³/mol. The third-order valence-corrected chi connectivity index (χ3v) is 4.03. The highest BCUT2D eigenvalue weighted by atomic mass is 15.3. The molecule has 0 bridgehead atoms. The number of hydrogen-bond donors (Lipinski definition) is 1. The van der Waals surface area contributed by atoms with E-state index in [-0.39, 0.29) is 0 Å². The van der Waals surface area contributed by atoms with Crippen molar-refractivity contribution in [2.45, 2.75) is 32.4 Å². The number of nitrogens with zero attached hydrogens (tertiary/aromatic N) is 4. The first-order valence-corrected chi connectivity index (χ1v) is 6.71. The summed E-state index contributed by atoms with van der Waals surface area (Å²) in [5.41, 5.74) is 0. The van der Waals surface area contributed by atoms with Gasteiger partial charge in [-0.15, -0.1) is 10.2 Å². The van der Waals surface area contributed by atoms with E-state index in [1.54, 1.807) is 0 Å². The highest BCUT2D eigenvalue weighted by molar-refractivity contribution is 4.89. The van der Waals surface area contributed by atoms with E-state index in [1.807, 2.05) is 6.33 Å². The fraction of sp³-hybridized carbons (Fsp3) is 0.833. The maximum atomic E-state index is 4.16. The topological polar surface area (TPSA) is 46.0 Å². The van der Waals surface area contributed by atoms with Gasteiger partial charge >= 0.3 is 0 Å². The van der Waals surface area contributed by atoms with Crippen molar-refractivity contribution >= 4 is 0 Å². The van der Waals surface area contributed by atoms with Crippen LogP contribution in [0.4, 0.5) is 0 Å². The highest BCUT2D eigenvalue weighted by Crippen LogP contribution is 2.18. The van der Waals surface area contributed by atoms with E-state index in [0.717, 1.165) is 31.4 Å². The lowest BCUT2D eigenvalue weighted by atomic mass is 9.94. The highest BCUT2D eigenvalue weighted by Gasteiger charge is 2.19. The maximum absolute atomic E-state index is 4.16. The Morgan fingerprint density at radius 3 is 3.06 bits per heavy atom. The van der Waals surface area contributed by atoms with Gasteiger partial charge in [0.1, 0.15) is 12.2 Å². The molecule has 3 heterocycles. The molecule has 0 spiro atoms. The first-order valence-electron chi connectivity index (χ1n) is 6.71. The van der Waals surface area contributed by atoms with Crippen molar-refractivity contribution in [3.63, 3.8) is 0 Å².